The highest BCUT2D eigenvalue weighted by Gasteiger charge is 2.34. The largest absolute Gasteiger partial charge is 0.483 e. The molecule has 9 heteroatoms. The quantitative estimate of drug-likeness (QED) is 0.673. The molecule has 0 bridgehead atoms. The Morgan fingerprint density at radius 3 is 2.60 bits per heavy atom. The van der Waals surface area contributed by atoms with Crippen LogP contribution in [0.4, 0.5) is 18.9 Å². The maximum Gasteiger partial charge on any atom is 0.419 e. The van der Waals surface area contributed by atoms with Crippen LogP contribution in [0, 0.1) is 0 Å². The van der Waals surface area contributed by atoms with Crippen LogP contribution in [0.2, 0.25) is 0 Å². The lowest BCUT2D eigenvalue weighted by molar-refractivity contribution is -0.139. The lowest BCUT2D eigenvalue weighted by Crippen LogP contribution is -2.21. The molecule has 3 aromatic rings. The number of hydrogen-bond acceptors (Lipinski definition) is 4. The van der Waals surface area contributed by atoms with E-state index >= 15 is 0 Å². The molecule has 0 saturated carbocycles. The van der Waals surface area contributed by atoms with Crippen molar-refractivity contribution in [2.24, 2.45) is 0 Å². The van der Waals surface area contributed by atoms with Gasteiger partial charge in [0.05, 0.1) is 5.56 Å². The minimum atomic E-state index is -4.55. The number of fused-ring (bicyclic) bond motifs is 1. The molecule has 1 amide bonds. The molecule has 30 heavy (non-hydrogen) atoms. The van der Waals surface area contributed by atoms with Crippen LogP contribution >= 0.6 is 0 Å². The molecule has 2 aromatic carbocycles. The summed E-state index contributed by atoms with van der Waals surface area (Å²) in [6, 6.07) is 11.8. The Hall–Kier alpha value is -3.36. The normalized spacial score (nSPS) is 13.6. The number of nitrogens with zero attached hydrogens (tertiary/aromatic N) is 3. The molecule has 4 rings (SSSR count). The lowest BCUT2D eigenvalue weighted by Gasteiger charge is -2.15. The Balaban J connectivity index is 1.39. The van der Waals surface area contributed by atoms with Crippen molar-refractivity contribution in [2.45, 2.75) is 32.0 Å². The molecule has 2 heterocycles. The van der Waals surface area contributed by atoms with Gasteiger partial charge in [0.25, 0.3) is 5.91 Å². The summed E-state index contributed by atoms with van der Waals surface area (Å²) in [7, 11) is 0. The van der Waals surface area contributed by atoms with E-state index in [4.69, 9.17) is 4.74 Å². The summed E-state index contributed by atoms with van der Waals surface area (Å²) in [5, 5.41) is 11.1. The fourth-order valence-electron chi connectivity index (χ4n) is 3.39. The molecule has 6 nitrogen and oxygen atoms in total. The number of ether oxygens (including phenoxy) is 1. The van der Waals surface area contributed by atoms with Crippen molar-refractivity contribution in [3.8, 4) is 17.1 Å². The van der Waals surface area contributed by atoms with Crippen molar-refractivity contribution in [2.75, 3.05) is 11.9 Å². The number of alkyl halides is 3. The number of anilines is 1. The Labute approximate surface area is 170 Å². The molecule has 0 atom stereocenters. The first kappa shape index (κ1) is 19.9. The van der Waals surface area contributed by atoms with E-state index in [1.165, 1.54) is 18.2 Å². The zero-order chi connectivity index (χ0) is 21.1. The molecule has 1 aliphatic heterocycles. The summed E-state index contributed by atoms with van der Waals surface area (Å²) in [6.45, 7) is 0.347. The van der Waals surface area contributed by atoms with Gasteiger partial charge in [-0.3, -0.25) is 4.79 Å². The van der Waals surface area contributed by atoms with Gasteiger partial charge in [0.2, 0.25) is 0 Å². The highest BCUT2D eigenvalue weighted by Crippen LogP contribution is 2.35. The third kappa shape index (κ3) is 4.29. The highest BCUT2D eigenvalue weighted by atomic mass is 19.4. The number of benzene rings is 2. The van der Waals surface area contributed by atoms with Crippen LogP contribution in [0.15, 0.2) is 48.5 Å². The zero-order valence-corrected chi connectivity index (χ0v) is 15.9. The number of carbonyl (C=O) groups is 1. The fourth-order valence-corrected chi connectivity index (χ4v) is 3.39. The molecular formula is C21H19F3N4O2. The van der Waals surface area contributed by atoms with E-state index in [1.807, 2.05) is 12.1 Å². The first-order valence-corrected chi connectivity index (χ1v) is 9.53. The summed E-state index contributed by atoms with van der Waals surface area (Å²) in [6.07, 6.45) is -1.44. The monoisotopic (exact) mass is 416 g/mol. The topological polar surface area (TPSA) is 69.0 Å². The van der Waals surface area contributed by atoms with E-state index in [-0.39, 0.29) is 5.75 Å². The van der Waals surface area contributed by atoms with Crippen LogP contribution < -0.4 is 10.1 Å². The number of hydrogen-bond donors (Lipinski definition) is 1. The Morgan fingerprint density at radius 1 is 1.07 bits per heavy atom. The minimum absolute atomic E-state index is 0.382. The van der Waals surface area contributed by atoms with Crippen LogP contribution in [0.3, 0.4) is 0 Å². The smallest absolute Gasteiger partial charge is 0.419 e. The van der Waals surface area contributed by atoms with Gasteiger partial charge >= 0.3 is 6.18 Å². The highest BCUT2D eigenvalue weighted by molar-refractivity contribution is 5.92. The number of nitrogens with one attached hydrogen (secondary N) is 1. The summed E-state index contributed by atoms with van der Waals surface area (Å²) < 4.78 is 46.2. The van der Waals surface area contributed by atoms with E-state index in [0.29, 0.717) is 5.69 Å². The Kier molecular flexibility index (Phi) is 5.43. The van der Waals surface area contributed by atoms with Crippen molar-refractivity contribution in [1.29, 1.82) is 0 Å². The second kappa shape index (κ2) is 8.17. The van der Waals surface area contributed by atoms with Gasteiger partial charge in [-0.15, -0.1) is 10.2 Å². The standard InChI is InChI=1S/C21H19F3N4O2/c22-21(23,24)16-5-1-2-6-17(16)30-13-19(29)25-15-10-8-14(9-11-15)20-27-26-18-7-3-4-12-28(18)20/h1-2,5-6,8-11H,3-4,7,12-13H2,(H,25,29). The predicted molar refractivity (Wildman–Crippen MR) is 104 cm³/mol. The van der Waals surface area contributed by atoms with Gasteiger partial charge in [0, 0.05) is 24.2 Å². The average molecular weight is 416 g/mol. The average Bonchev–Trinajstić information content (AvgIpc) is 3.17. The Morgan fingerprint density at radius 2 is 1.83 bits per heavy atom. The second-order valence-corrected chi connectivity index (χ2v) is 6.96. The number of aryl methyl sites for hydroxylation is 1. The summed E-state index contributed by atoms with van der Waals surface area (Å²) in [4.78, 5) is 12.1. The molecule has 156 valence electrons. The predicted octanol–water partition coefficient (Wildman–Crippen LogP) is 4.32. The summed E-state index contributed by atoms with van der Waals surface area (Å²) in [5.41, 5.74) is 0.470. The third-order valence-electron chi connectivity index (χ3n) is 4.84. The first-order chi connectivity index (χ1) is 14.4. The lowest BCUT2D eigenvalue weighted by atomic mass is 10.1. The van der Waals surface area contributed by atoms with Crippen LogP contribution in [0.5, 0.6) is 5.75 Å². The van der Waals surface area contributed by atoms with Gasteiger partial charge in [-0.05, 0) is 49.2 Å². The van der Waals surface area contributed by atoms with Crippen LogP contribution in [0.1, 0.15) is 24.2 Å². The van der Waals surface area contributed by atoms with E-state index in [0.717, 1.165) is 49.1 Å². The molecule has 1 aliphatic rings. The number of halogens is 3. The summed E-state index contributed by atoms with van der Waals surface area (Å²) in [5.74, 6) is 0.825. The first-order valence-electron chi connectivity index (χ1n) is 9.53. The number of carbonyl (C=O) groups excluding carboxylic acids is 1. The van der Waals surface area contributed by atoms with E-state index in [1.54, 1.807) is 12.1 Å². The molecule has 0 spiro atoms. The molecule has 0 radical (unpaired) electrons. The number of para-hydroxylation sites is 1. The van der Waals surface area contributed by atoms with Crippen molar-refractivity contribution in [3.05, 3.63) is 59.9 Å². The van der Waals surface area contributed by atoms with Crippen molar-refractivity contribution in [1.82, 2.24) is 14.8 Å². The van der Waals surface area contributed by atoms with Gasteiger partial charge in [-0.1, -0.05) is 12.1 Å². The maximum atomic E-state index is 13.0. The van der Waals surface area contributed by atoms with Gasteiger partial charge in [0.1, 0.15) is 11.6 Å². The van der Waals surface area contributed by atoms with Crippen LogP contribution in [0.25, 0.3) is 11.4 Å². The SMILES string of the molecule is O=C(COc1ccccc1C(F)(F)F)Nc1ccc(-c2nnc3n2CCCC3)cc1. The molecule has 1 N–H and O–H groups in total. The molecular weight excluding hydrogens is 397 g/mol. The molecule has 0 unspecified atom stereocenters. The van der Waals surface area contributed by atoms with Crippen molar-refractivity contribution in [3.63, 3.8) is 0 Å². The molecule has 0 saturated heterocycles. The second-order valence-electron chi connectivity index (χ2n) is 6.96. The van der Waals surface area contributed by atoms with Crippen molar-refractivity contribution >= 4 is 11.6 Å². The van der Waals surface area contributed by atoms with Gasteiger partial charge < -0.3 is 14.6 Å². The molecule has 0 fully saturated rings. The summed E-state index contributed by atoms with van der Waals surface area (Å²) >= 11 is 0. The minimum Gasteiger partial charge on any atom is -0.483 e. The van der Waals surface area contributed by atoms with Gasteiger partial charge in [-0.2, -0.15) is 13.2 Å². The maximum absolute atomic E-state index is 13.0. The molecule has 0 aliphatic carbocycles. The fraction of sp³-hybridized carbons (Fsp3) is 0.286. The Bertz CT molecular complexity index is 1050. The third-order valence-corrected chi connectivity index (χ3v) is 4.84. The van der Waals surface area contributed by atoms with Crippen molar-refractivity contribution < 1.29 is 22.7 Å². The number of rotatable bonds is 5. The van der Waals surface area contributed by atoms with Gasteiger partial charge in [0.15, 0.2) is 12.4 Å². The van der Waals surface area contributed by atoms with E-state index in [2.05, 4.69) is 20.1 Å². The van der Waals surface area contributed by atoms with Crippen LogP contribution in [-0.4, -0.2) is 27.3 Å². The van der Waals surface area contributed by atoms with Crippen LogP contribution in [-0.2, 0) is 23.9 Å². The zero-order valence-electron chi connectivity index (χ0n) is 15.9. The number of aromatic nitrogens is 3. The number of amides is 1. The van der Waals surface area contributed by atoms with Gasteiger partial charge in [-0.25, -0.2) is 0 Å². The molecule has 1 aromatic heterocycles. The van der Waals surface area contributed by atoms with E-state index in [9.17, 15) is 18.0 Å². The van der Waals surface area contributed by atoms with E-state index < -0.39 is 24.3 Å².